The van der Waals surface area contributed by atoms with Crippen LogP contribution >= 0.6 is 11.6 Å². The van der Waals surface area contributed by atoms with Crippen molar-refractivity contribution in [2.24, 2.45) is 0 Å². The number of carbonyl (C=O) groups is 2. The van der Waals surface area contributed by atoms with Gasteiger partial charge in [0.1, 0.15) is 11.3 Å². The van der Waals surface area contributed by atoms with Gasteiger partial charge in [0.15, 0.2) is 6.10 Å². The van der Waals surface area contributed by atoms with Crippen molar-refractivity contribution in [1.82, 2.24) is 5.32 Å². The molecular formula is C15H20ClNO4. The zero-order chi connectivity index (χ0) is 16.0. The summed E-state index contributed by atoms with van der Waals surface area (Å²) in [7, 11) is 0. The van der Waals surface area contributed by atoms with Crippen molar-refractivity contribution < 1.29 is 19.4 Å². The van der Waals surface area contributed by atoms with Gasteiger partial charge in [-0.05, 0) is 38.0 Å². The lowest BCUT2D eigenvalue weighted by Crippen LogP contribution is -2.56. The van der Waals surface area contributed by atoms with Crippen LogP contribution < -0.4 is 10.1 Å². The number of benzene rings is 1. The lowest BCUT2D eigenvalue weighted by molar-refractivity contribution is -0.149. The summed E-state index contributed by atoms with van der Waals surface area (Å²) in [6.07, 6.45) is -0.219. The van der Waals surface area contributed by atoms with E-state index in [0.717, 1.165) is 0 Å². The van der Waals surface area contributed by atoms with Crippen LogP contribution in [0.3, 0.4) is 0 Å². The number of carbonyl (C=O) groups excluding carboxylic acids is 1. The number of nitrogens with one attached hydrogen (secondary N) is 1. The van der Waals surface area contributed by atoms with Gasteiger partial charge in [0.2, 0.25) is 0 Å². The van der Waals surface area contributed by atoms with Gasteiger partial charge < -0.3 is 15.2 Å². The zero-order valence-electron chi connectivity index (χ0n) is 12.4. The van der Waals surface area contributed by atoms with Crippen molar-refractivity contribution in [2.75, 3.05) is 0 Å². The van der Waals surface area contributed by atoms with Crippen molar-refractivity contribution in [2.45, 2.75) is 45.3 Å². The molecule has 1 atom stereocenters. The third kappa shape index (κ3) is 4.36. The average molecular weight is 314 g/mol. The molecule has 0 aliphatic heterocycles. The van der Waals surface area contributed by atoms with E-state index in [9.17, 15) is 14.7 Å². The first kappa shape index (κ1) is 17.3. The Morgan fingerprint density at radius 3 is 2.48 bits per heavy atom. The first-order chi connectivity index (χ1) is 9.84. The SMILES string of the molecule is CCC(CC)(NC(=O)C(C)Oc1cccc(Cl)c1)C(=O)O. The Labute approximate surface area is 129 Å². The van der Waals surface area contributed by atoms with Crippen LogP contribution in [0.25, 0.3) is 0 Å². The molecule has 0 spiro atoms. The van der Waals surface area contributed by atoms with E-state index >= 15 is 0 Å². The minimum atomic E-state index is -1.26. The summed E-state index contributed by atoms with van der Waals surface area (Å²) in [5.41, 5.74) is -1.26. The van der Waals surface area contributed by atoms with Gasteiger partial charge in [-0.2, -0.15) is 0 Å². The third-order valence-corrected chi connectivity index (χ3v) is 3.69. The molecule has 116 valence electrons. The molecule has 0 saturated carbocycles. The summed E-state index contributed by atoms with van der Waals surface area (Å²) < 4.78 is 5.48. The van der Waals surface area contributed by atoms with Crippen molar-refractivity contribution in [1.29, 1.82) is 0 Å². The van der Waals surface area contributed by atoms with Gasteiger partial charge >= 0.3 is 5.97 Å². The predicted molar refractivity (Wildman–Crippen MR) is 80.6 cm³/mol. The van der Waals surface area contributed by atoms with Crippen LogP contribution in [-0.4, -0.2) is 28.6 Å². The Kier molecular flexibility index (Phi) is 6.03. The third-order valence-electron chi connectivity index (χ3n) is 3.46. The predicted octanol–water partition coefficient (Wildman–Crippen LogP) is 2.87. The molecule has 1 aromatic carbocycles. The minimum absolute atomic E-state index is 0.300. The lowest BCUT2D eigenvalue weighted by Gasteiger charge is -2.29. The molecule has 0 saturated heterocycles. The second kappa shape index (κ2) is 7.31. The van der Waals surface area contributed by atoms with Gasteiger partial charge in [-0.15, -0.1) is 0 Å². The largest absolute Gasteiger partial charge is 0.481 e. The van der Waals surface area contributed by atoms with Gasteiger partial charge in [-0.1, -0.05) is 31.5 Å². The molecule has 0 heterocycles. The van der Waals surface area contributed by atoms with Crippen LogP contribution in [0.2, 0.25) is 5.02 Å². The van der Waals surface area contributed by atoms with Gasteiger partial charge in [0.25, 0.3) is 5.91 Å². The number of halogens is 1. The molecule has 1 aromatic rings. The van der Waals surface area contributed by atoms with Crippen molar-refractivity contribution in [3.63, 3.8) is 0 Å². The topological polar surface area (TPSA) is 75.6 Å². The van der Waals surface area contributed by atoms with Crippen LogP contribution in [0.15, 0.2) is 24.3 Å². The molecule has 6 heteroatoms. The first-order valence-electron chi connectivity index (χ1n) is 6.82. The van der Waals surface area contributed by atoms with E-state index in [1.165, 1.54) is 0 Å². The summed E-state index contributed by atoms with van der Waals surface area (Å²) in [5, 5.41) is 12.4. The van der Waals surface area contributed by atoms with E-state index in [4.69, 9.17) is 16.3 Å². The minimum Gasteiger partial charge on any atom is -0.481 e. The van der Waals surface area contributed by atoms with E-state index in [2.05, 4.69) is 5.32 Å². The van der Waals surface area contributed by atoms with Crippen LogP contribution in [0.1, 0.15) is 33.6 Å². The summed E-state index contributed by atoms with van der Waals surface area (Å²) in [6.45, 7) is 5.01. The number of carboxylic acids is 1. The molecule has 0 radical (unpaired) electrons. The maximum absolute atomic E-state index is 12.1. The first-order valence-corrected chi connectivity index (χ1v) is 7.20. The summed E-state index contributed by atoms with van der Waals surface area (Å²) in [5.74, 6) is -1.06. The molecule has 0 aliphatic rings. The molecule has 0 aromatic heterocycles. The van der Waals surface area contributed by atoms with E-state index < -0.39 is 23.5 Å². The smallest absolute Gasteiger partial charge is 0.329 e. The summed E-state index contributed by atoms with van der Waals surface area (Å²) >= 11 is 5.84. The Bertz CT molecular complexity index is 514. The highest BCUT2D eigenvalue weighted by atomic mass is 35.5. The molecule has 1 rings (SSSR count). The molecule has 0 fully saturated rings. The lowest BCUT2D eigenvalue weighted by atomic mass is 9.92. The van der Waals surface area contributed by atoms with Crippen LogP contribution in [0.4, 0.5) is 0 Å². The Morgan fingerprint density at radius 2 is 2.00 bits per heavy atom. The highest BCUT2D eigenvalue weighted by molar-refractivity contribution is 6.30. The quantitative estimate of drug-likeness (QED) is 0.811. The summed E-state index contributed by atoms with van der Waals surface area (Å²) in [6, 6.07) is 6.68. The molecule has 2 N–H and O–H groups in total. The molecule has 1 unspecified atom stereocenters. The maximum Gasteiger partial charge on any atom is 0.329 e. The number of ether oxygens (including phenoxy) is 1. The zero-order valence-corrected chi connectivity index (χ0v) is 13.1. The molecular weight excluding hydrogens is 294 g/mol. The van der Waals surface area contributed by atoms with Gasteiger partial charge in [0.05, 0.1) is 0 Å². The fourth-order valence-electron chi connectivity index (χ4n) is 1.92. The second-order valence-electron chi connectivity index (χ2n) is 4.80. The number of hydrogen-bond donors (Lipinski definition) is 2. The summed E-state index contributed by atoms with van der Waals surface area (Å²) in [4.78, 5) is 23.5. The van der Waals surface area contributed by atoms with Gasteiger partial charge in [0, 0.05) is 5.02 Å². The number of rotatable bonds is 7. The van der Waals surface area contributed by atoms with Crippen LogP contribution in [0.5, 0.6) is 5.75 Å². The van der Waals surface area contributed by atoms with E-state index in [1.807, 2.05) is 0 Å². The normalized spacial score (nSPS) is 12.6. The highest BCUT2D eigenvalue weighted by Crippen LogP contribution is 2.20. The fourth-order valence-corrected chi connectivity index (χ4v) is 2.10. The van der Waals surface area contributed by atoms with E-state index in [1.54, 1.807) is 45.0 Å². The molecule has 5 nitrogen and oxygen atoms in total. The van der Waals surface area contributed by atoms with Crippen LogP contribution in [0, 0.1) is 0 Å². The molecule has 0 aliphatic carbocycles. The van der Waals surface area contributed by atoms with Crippen LogP contribution in [-0.2, 0) is 9.59 Å². The molecule has 1 amide bonds. The highest BCUT2D eigenvalue weighted by Gasteiger charge is 2.37. The van der Waals surface area contributed by atoms with Gasteiger partial charge in [-0.3, -0.25) is 4.79 Å². The average Bonchev–Trinajstić information content (AvgIpc) is 2.44. The fraction of sp³-hybridized carbons (Fsp3) is 0.467. The van der Waals surface area contributed by atoms with Crippen molar-refractivity contribution >= 4 is 23.5 Å². The van der Waals surface area contributed by atoms with Crippen molar-refractivity contribution in [3.05, 3.63) is 29.3 Å². The Hall–Kier alpha value is -1.75. The standard InChI is InChI=1S/C15H20ClNO4/c1-4-15(5-2,14(19)20)17-13(18)10(3)21-12-8-6-7-11(16)9-12/h6-10H,4-5H2,1-3H3,(H,17,18)(H,19,20). The Balaban J connectivity index is 2.76. The Morgan fingerprint density at radius 1 is 1.38 bits per heavy atom. The maximum atomic E-state index is 12.1. The molecule has 21 heavy (non-hydrogen) atoms. The van der Waals surface area contributed by atoms with Crippen molar-refractivity contribution in [3.8, 4) is 5.75 Å². The molecule has 0 bridgehead atoms. The van der Waals surface area contributed by atoms with Gasteiger partial charge in [-0.25, -0.2) is 4.79 Å². The number of hydrogen-bond acceptors (Lipinski definition) is 3. The number of aliphatic carboxylic acids is 1. The van der Waals surface area contributed by atoms with E-state index in [-0.39, 0.29) is 0 Å². The van der Waals surface area contributed by atoms with E-state index in [0.29, 0.717) is 23.6 Å². The second-order valence-corrected chi connectivity index (χ2v) is 5.24. The monoisotopic (exact) mass is 313 g/mol. The number of amides is 1. The number of carboxylic acid groups (broad SMARTS) is 1.